The normalized spacial score (nSPS) is 10.2. The second-order valence-corrected chi connectivity index (χ2v) is 2.83. The van der Waals surface area contributed by atoms with E-state index in [4.69, 9.17) is 5.11 Å². The summed E-state index contributed by atoms with van der Waals surface area (Å²) in [5.41, 5.74) is 2.10. The topological polar surface area (TPSA) is 37.3 Å². The molecule has 0 saturated heterocycles. The fourth-order valence-electron chi connectivity index (χ4n) is 1.41. The molecule has 0 aromatic carbocycles. The SMILES string of the molecule is O=C(O)c1ccccc2cccc1-2. The van der Waals surface area contributed by atoms with Crippen LogP contribution in [-0.4, -0.2) is 11.1 Å². The van der Waals surface area contributed by atoms with Crippen molar-refractivity contribution in [2.75, 3.05) is 0 Å². The number of aromatic carboxylic acids is 1. The fourth-order valence-corrected chi connectivity index (χ4v) is 1.41. The molecule has 2 rings (SSSR count). The van der Waals surface area contributed by atoms with Gasteiger partial charge >= 0.3 is 5.97 Å². The Kier molecular flexibility index (Phi) is 1.74. The van der Waals surface area contributed by atoms with Gasteiger partial charge in [0.15, 0.2) is 0 Å². The van der Waals surface area contributed by atoms with E-state index in [1.807, 2.05) is 30.3 Å². The molecule has 2 aliphatic rings. The van der Waals surface area contributed by atoms with Gasteiger partial charge in [-0.15, -0.1) is 0 Å². The monoisotopic (exact) mass is 172 g/mol. The van der Waals surface area contributed by atoms with Crippen LogP contribution in [0.4, 0.5) is 0 Å². The molecular weight excluding hydrogens is 164 g/mol. The van der Waals surface area contributed by atoms with E-state index in [0.29, 0.717) is 5.56 Å². The van der Waals surface area contributed by atoms with Crippen LogP contribution in [0.15, 0.2) is 42.5 Å². The van der Waals surface area contributed by atoms with Crippen molar-refractivity contribution in [2.24, 2.45) is 0 Å². The summed E-state index contributed by atoms with van der Waals surface area (Å²) in [6.07, 6.45) is 0. The van der Waals surface area contributed by atoms with Gasteiger partial charge in [-0.1, -0.05) is 36.4 Å². The van der Waals surface area contributed by atoms with E-state index in [-0.39, 0.29) is 0 Å². The molecular formula is C11H8O2. The minimum Gasteiger partial charge on any atom is -0.478 e. The minimum atomic E-state index is -0.882. The maximum absolute atomic E-state index is 10.9. The van der Waals surface area contributed by atoms with Crippen LogP contribution in [0.25, 0.3) is 11.1 Å². The van der Waals surface area contributed by atoms with Gasteiger partial charge in [-0.2, -0.15) is 0 Å². The van der Waals surface area contributed by atoms with Gasteiger partial charge in [0.25, 0.3) is 0 Å². The number of carbonyl (C=O) groups is 1. The van der Waals surface area contributed by atoms with Crippen LogP contribution in [0.1, 0.15) is 10.4 Å². The van der Waals surface area contributed by atoms with Crippen LogP contribution in [0.2, 0.25) is 0 Å². The Morgan fingerprint density at radius 2 is 1.69 bits per heavy atom. The Hall–Kier alpha value is -1.83. The lowest BCUT2D eigenvalue weighted by atomic mass is 10.1. The van der Waals surface area contributed by atoms with E-state index in [0.717, 1.165) is 11.1 Å². The first-order chi connectivity index (χ1) is 6.29. The third-order valence-corrected chi connectivity index (χ3v) is 2.02. The van der Waals surface area contributed by atoms with E-state index in [9.17, 15) is 4.79 Å². The van der Waals surface area contributed by atoms with Crippen LogP contribution in [0.5, 0.6) is 0 Å². The van der Waals surface area contributed by atoms with E-state index < -0.39 is 5.97 Å². The van der Waals surface area contributed by atoms with Crippen LogP contribution >= 0.6 is 0 Å². The predicted octanol–water partition coefficient (Wildman–Crippen LogP) is 2.49. The van der Waals surface area contributed by atoms with Gasteiger partial charge in [-0.25, -0.2) is 4.79 Å². The molecule has 0 bridgehead atoms. The molecule has 0 radical (unpaired) electrons. The number of hydrogen-bond donors (Lipinski definition) is 1. The number of fused-ring (bicyclic) bond motifs is 1. The molecule has 0 amide bonds. The van der Waals surface area contributed by atoms with Crippen LogP contribution in [-0.2, 0) is 0 Å². The lowest BCUT2D eigenvalue weighted by Gasteiger charge is -1.96. The zero-order valence-corrected chi connectivity index (χ0v) is 6.90. The lowest BCUT2D eigenvalue weighted by Crippen LogP contribution is -1.95. The first-order valence-corrected chi connectivity index (χ1v) is 4.00. The minimum absolute atomic E-state index is 0.352. The van der Waals surface area contributed by atoms with Gasteiger partial charge < -0.3 is 5.11 Å². The Morgan fingerprint density at radius 3 is 2.46 bits per heavy atom. The summed E-state index contributed by atoms with van der Waals surface area (Å²) in [4.78, 5) is 10.9. The summed E-state index contributed by atoms with van der Waals surface area (Å²) in [6.45, 7) is 0. The van der Waals surface area contributed by atoms with Crippen molar-refractivity contribution in [1.82, 2.24) is 0 Å². The number of carboxylic acid groups (broad SMARTS) is 1. The third kappa shape index (κ3) is 1.26. The van der Waals surface area contributed by atoms with Crippen molar-refractivity contribution in [2.45, 2.75) is 0 Å². The summed E-state index contributed by atoms with van der Waals surface area (Å²) < 4.78 is 0. The summed E-state index contributed by atoms with van der Waals surface area (Å²) >= 11 is 0. The van der Waals surface area contributed by atoms with E-state index in [1.165, 1.54) is 0 Å². The number of hydrogen-bond acceptors (Lipinski definition) is 1. The lowest BCUT2D eigenvalue weighted by molar-refractivity contribution is 0.0698. The highest BCUT2D eigenvalue weighted by atomic mass is 16.4. The first kappa shape index (κ1) is 7.80. The average Bonchev–Trinajstić information content (AvgIpc) is 2.44. The highest BCUT2D eigenvalue weighted by molar-refractivity contribution is 5.96. The van der Waals surface area contributed by atoms with E-state index in [1.54, 1.807) is 12.1 Å². The fraction of sp³-hybridized carbons (Fsp3) is 0. The smallest absolute Gasteiger partial charge is 0.336 e. The molecule has 0 saturated carbocycles. The molecule has 0 atom stereocenters. The average molecular weight is 172 g/mol. The second kappa shape index (κ2) is 2.90. The number of rotatable bonds is 1. The molecule has 0 aromatic rings. The van der Waals surface area contributed by atoms with Crippen LogP contribution in [0.3, 0.4) is 0 Å². The van der Waals surface area contributed by atoms with Gasteiger partial charge in [0, 0.05) is 0 Å². The molecule has 0 spiro atoms. The highest BCUT2D eigenvalue weighted by Crippen LogP contribution is 2.25. The van der Waals surface area contributed by atoms with Crippen molar-refractivity contribution < 1.29 is 9.90 Å². The van der Waals surface area contributed by atoms with Crippen LogP contribution < -0.4 is 0 Å². The van der Waals surface area contributed by atoms with Crippen molar-refractivity contribution in [1.29, 1.82) is 0 Å². The Bertz CT molecular complexity index is 420. The molecule has 13 heavy (non-hydrogen) atoms. The van der Waals surface area contributed by atoms with Gasteiger partial charge in [0.05, 0.1) is 5.56 Å². The van der Waals surface area contributed by atoms with E-state index >= 15 is 0 Å². The Morgan fingerprint density at radius 1 is 1.00 bits per heavy atom. The molecule has 1 N–H and O–H groups in total. The molecule has 2 aliphatic carbocycles. The van der Waals surface area contributed by atoms with Gasteiger partial charge in [0.2, 0.25) is 0 Å². The predicted molar refractivity (Wildman–Crippen MR) is 50.0 cm³/mol. The number of carboxylic acids is 1. The zero-order valence-electron chi connectivity index (χ0n) is 6.90. The molecule has 0 aliphatic heterocycles. The molecule has 0 heterocycles. The standard InChI is InChI=1S/C11H8O2/c12-11(13)10-6-2-1-4-8-5-3-7-9(8)10/h1-7H,(H,12,13). The van der Waals surface area contributed by atoms with Crippen molar-refractivity contribution in [3.63, 3.8) is 0 Å². The largest absolute Gasteiger partial charge is 0.478 e. The molecule has 0 fully saturated rings. The molecule has 64 valence electrons. The van der Waals surface area contributed by atoms with E-state index in [2.05, 4.69) is 0 Å². The summed E-state index contributed by atoms with van der Waals surface area (Å²) in [7, 11) is 0. The summed E-state index contributed by atoms with van der Waals surface area (Å²) in [5.74, 6) is -0.882. The maximum atomic E-state index is 10.9. The molecule has 0 aromatic heterocycles. The highest BCUT2D eigenvalue weighted by Gasteiger charge is 2.10. The van der Waals surface area contributed by atoms with Crippen LogP contribution in [0, 0.1) is 0 Å². The molecule has 2 nitrogen and oxygen atoms in total. The quantitative estimate of drug-likeness (QED) is 0.717. The maximum Gasteiger partial charge on any atom is 0.336 e. The molecule has 0 unspecified atom stereocenters. The third-order valence-electron chi connectivity index (χ3n) is 2.02. The Labute approximate surface area is 75.8 Å². The second-order valence-electron chi connectivity index (χ2n) is 2.83. The first-order valence-electron chi connectivity index (χ1n) is 4.00. The van der Waals surface area contributed by atoms with Gasteiger partial charge in [0.1, 0.15) is 0 Å². The van der Waals surface area contributed by atoms with Crippen molar-refractivity contribution >= 4 is 5.97 Å². The Balaban J connectivity index is 2.74. The van der Waals surface area contributed by atoms with Gasteiger partial charge in [-0.05, 0) is 17.2 Å². The zero-order chi connectivity index (χ0) is 9.26. The summed E-state index contributed by atoms with van der Waals surface area (Å²) in [6, 6.07) is 12.7. The molecule has 2 heteroatoms. The summed E-state index contributed by atoms with van der Waals surface area (Å²) in [5, 5.41) is 8.91. The van der Waals surface area contributed by atoms with Gasteiger partial charge in [-0.3, -0.25) is 0 Å². The van der Waals surface area contributed by atoms with Crippen molar-refractivity contribution in [3.05, 3.63) is 48.0 Å². The van der Waals surface area contributed by atoms with Crippen molar-refractivity contribution in [3.8, 4) is 11.1 Å².